The minimum Gasteiger partial charge on any atom is -0.274 e. The van der Waals surface area contributed by atoms with Gasteiger partial charge in [0.2, 0.25) is 17.8 Å². The van der Waals surface area contributed by atoms with Gasteiger partial charge in [-0.1, -0.05) is 37.3 Å². The van der Waals surface area contributed by atoms with Crippen LogP contribution in [-0.2, 0) is 9.59 Å². The standard InChI is InChI=1S/C18H19N3O2/c1-11-9-12(2)20-18(19-11)21-16(22)10-15(17(21)23)13(3)14-7-5-4-6-8-14/h4-9,13,15H,10H2,1-3H3/t13-,15-/m1/s1. The first kappa shape index (κ1) is 15.3. The van der Waals surface area contributed by atoms with E-state index in [4.69, 9.17) is 0 Å². The van der Waals surface area contributed by atoms with Gasteiger partial charge in [0.15, 0.2) is 0 Å². The van der Waals surface area contributed by atoms with Crippen LogP contribution < -0.4 is 4.90 Å². The summed E-state index contributed by atoms with van der Waals surface area (Å²) in [4.78, 5) is 34.8. The number of imide groups is 1. The molecule has 2 aromatic rings. The van der Waals surface area contributed by atoms with E-state index in [0.717, 1.165) is 21.9 Å². The van der Waals surface area contributed by atoms with Crippen LogP contribution in [0.3, 0.4) is 0 Å². The number of nitrogens with zero attached hydrogens (tertiary/aromatic N) is 3. The summed E-state index contributed by atoms with van der Waals surface area (Å²) < 4.78 is 0. The van der Waals surface area contributed by atoms with Crippen molar-refractivity contribution in [3.05, 3.63) is 53.3 Å². The highest BCUT2D eigenvalue weighted by atomic mass is 16.2. The molecule has 0 saturated carbocycles. The SMILES string of the molecule is Cc1cc(C)nc(N2C(=O)C[C@H]([C@H](C)c3ccccc3)C2=O)n1. The molecule has 1 aliphatic rings. The smallest absolute Gasteiger partial charge is 0.240 e. The van der Waals surface area contributed by atoms with E-state index >= 15 is 0 Å². The lowest BCUT2D eigenvalue weighted by Gasteiger charge is -2.18. The Hall–Kier alpha value is -2.56. The summed E-state index contributed by atoms with van der Waals surface area (Å²) in [5.41, 5.74) is 2.54. The Morgan fingerprint density at radius 1 is 1.09 bits per heavy atom. The van der Waals surface area contributed by atoms with Gasteiger partial charge in [-0.25, -0.2) is 14.9 Å². The molecule has 0 unspecified atom stereocenters. The molecule has 5 nitrogen and oxygen atoms in total. The van der Waals surface area contributed by atoms with Crippen LogP contribution in [0.2, 0.25) is 0 Å². The van der Waals surface area contributed by atoms with Crippen LogP contribution >= 0.6 is 0 Å². The van der Waals surface area contributed by atoms with Gasteiger partial charge in [-0.05, 0) is 31.4 Å². The number of aromatic nitrogens is 2. The zero-order valence-corrected chi connectivity index (χ0v) is 13.5. The van der Waals surface area contributed by atoms with E-state index in [1.165, 1.54) is 0 Å². The lowest BCUT2D eigenvalue weighted by molar-refractivity contribution is -0.122. The molecular weight excluding hydrogens is 290 g/mol. The van der Waals surface area contributed by atoms with Gasteiger partial charge in [0.05, 0.1) is 5.92 Å². The third kappa shape index (κ3) is 2.86. The van der Waals surface area contributed by atoms with Crippen molar-refractivity contribution in [2.24, 2.45) is 5.92 Å². The van der Waals surface area contributed by atoms with Gasteiger partial charge < -0.3 is 0 Å². The number of amides is 2. The molecule has 0 spiro atoms. The third-order valence-electron chi connectivity index (χ3n) is 4.28. The van der Waals surface area contributed by atoms with Gasteiger partial charge in [-0.15, -0.1) is 0 Å². The number of carbonyl (C=O) groups excluding carboxylic acids is 2. The predicted octanol–water partition coefficient (Wildman–Crippen LogP) is 2.78. The highest BCUT2D eigenvalue weighted by Crippen LogP contribution is 2.34. The van der Waals surface area contributed by atoms with Crippen molar-refractivity contribution < 1.29 is 9.59 Å². The molecule has 2 amide bonds. The van der Waals surface area contributed by atoms with Gasteiger partial charge in [-0.3, -0.25) is 9.59 Å². The summed E-state index contributed by atoms with van der Waals surface area (Å²) in [6.07, 6.45) is 0.200. The number of benzene rings is 1. The van der Waals surface area contributed by atoms with Crippen LogP contribution in [0, 0.1) is 19.8 Å². The van der Waals surface area contributed by atoms with Crippen molar-refractivity contribution in [1.82, 2.24) is 9.97 Å². The second kappa shape index (κ2) is 5.91. The molecular formula is C18H19N3O2. The number of carbonyl (C=O) groups is 2. The average molecular weight is 309 g/mol. The molecule has 118 valence electrons. The first-order valence-corrected chi connectivity index (χ1v) is 7.71. The summed E-state index contributed by atoms with van der Waals surface area (Å²) in [7, 11) is 0. The zero-order valence-electron chi connectivity index (χ0n) is 13.5. The van der Waals surface area contributed by atoms with E-state index < -0.39 is 0 Å². The van der Waals surface area contributed by atoms with Gasteiger partial charge in [0, 0.05) is 17.8 Å². The van der Waals surface area contributed by atoms with Gasteiger partial charge >= 0.3 is 0 Å². The summed E-state index contributed by atoms with van der Waals surface area (Å²) in [5.74, 6) is -0.637. The molecule has 5 heteroatoms. The monoisotopic (exact) mass is 309 g/mol. The Balaban J connectivity index is 1.91. The molecule has 1 aliphatic heterocycles. The number of rotatable bonds is 3. The average Bonchev–Trinajstić information content (AvgIpc) is 2.81. The quantitative estimate of drug-likeness (QED) is 0.818. The summed E-state index contributed by atoms with van der Waals surface area (Å²) in [6.45, 7) is 5.64. The maximum Gasteiger partial charge on any atom is 0.240 e. The van der Waals surface area contributed by atoms with Crippen LogP contribution in [0.4, 0.5) is 5.95 Å². The van der Waals surface area contributed by atoms with Crippen LogP contribution in [0.25, 0.3) is 0 Å². The van der Waals surface area contributed by atoms with Gasteiger partial charge in [-0.2, -0.15) is 0 Å². The maximum absolute atomic E-state index is 12.8. The predicted molar refractivity (Wildman–Crippen MR) is 87.0 cm³/mol. The molecule has 23 heavy (non-hydrogen) atoms. The number of hydrogen-bond donors (Lipinski definition) is 0. The van der Waals surface area contributed by atoms with E-state index in [0.29, 0.717) is 0 Å². The number of hydrogen-bond acceptors (Lipinski definition) is 4. The van der Waals surface area contributed by atoms with E-state index in [1.807, 2.05) is 57.2 Å². The van der Waals surface area contributed by atoms with Crippen LogP contribution in [0.1, 0.15) is 36.2 Å². The highest BCUT2D eigenvalue weighted by Gasteiger charge is 2.43. The number of anilines is 1. The Bertz CT molecular complexity index is 738. The zero-order chi connectivity index (χ0) is 16.6. The molecule has 0 bridgehead atoms. The first-order valence-electron chi connectivity index (χ1n) is 7.71. The molecule has 3 rings (SSSR count). The fourth-order valence-electron chi connectivity index (χ4n) is 3.05. The topological polar surface area (TPSA) is 63.2 Å². The second-order valence-electron chi connectivity index (χ2n) is 6.03. The molecule has 1 aromatic heterocycles. The molecule has 0 aliphatic carbocycles. The Labute approximate surface area is 135 Å². The highest BCUT2D eigenvalue weighted by molar-refractivity contribution is 6.20. The van der Waals surface area contributed by atoms with E-state index in [1.54, 1.807) is 0 Å². The first-order chi connectivity index (χ1) is 11.0. The second-order valence-corrected chi connectivity index (χ2v) is 6.03. The molecule has 1 saturated heterocycles. The van der Waals surface area contributed by atoms with E-state index in [9.17, 15) is 9.59 Å². The lowest BCUT2D eigenvalue weighted by Crippen LogP contribution is -2.33. The Kier molecular flexibility index (Phi) is 3.94. The van der Waals surface area contributed by atoms with Crippen molar-refractivity contribution in [2.75, 3.05) is 4.90 Å². The summed E-state index contributed by atoms with van der Waals surface area (Å²) >= 11 is 0. The minimum absolute atomic E-state index is 0.0245. The maximum atomic E-state index is 12.8. The Morgan fingerprint density at radius 2 is 1.70 bits per heavy atom. The number of aryl methyl sites for hydroxylation is 2. The Morgan fingerprint density at radius 3 is 2.30 bits per heavy atom. The van der Waals surface area contributed by atoms with Crippen LogP contribution in [-0.4, -0.2) is 21.8 Å². The van der Waals surface area contributed by atoms with Gasteiger partial charge in [0.1, 0.15) is 0 Å². The van der Waals surface area contributed by atoms with Crippen molar-refractivity contribution in [2.45, 2.75) is 33.1 Å². The van der Waals surface area contributed by atoms with Crippen molar-refractivity contribution >= 4 is 17.8 Å². The van der Waals surface area contributed by atoms with Crippen molar-refractivity contribution in [3.8, 4) is 0 Å². The summed E-state index contributed by atoms with van der Waals surface area (Å²) in [6, 6.07) is 11.6. The summed E-state index contributed by atoms with van der Waals surface area (Å²) in [5, 5.41) is 0. The molecule has 1 aromatic carbocycles. The fourth-order valence-corrected chi connectivity index (χ4v) is 3.05. The fraction of sp³-hybridized carbons (Fsp3) is 0.333. The van der Waals surface area contributed by atoms with Gasteiger partial charge in [0.25, 0.3) is 0 Å². The molecule has 2 heterocycles. The minimum atomic E-state index is -0.366. The third-order valence-corrected chi connectivity index (χ3v) is 4.28. The van der Waals surface area contributed by atoms with Crippen LogP contribution in [0.15, 0.2) is 36.4 Å². The van der Waals surface area contributed by atoms with E-state index in [-0.39, 0.29) is 36.0 Å². The lowest BCUT2D eigenvalue weighted by atomic mass is 9.86. The molecule has 2 atom stereocenters. The molecule has 0 N–H and O–H groups in total. The van der Waals surface area contributed by atoms with Crippen LogP contribution in [0.5, 0.6) is 0 Å². The van der Waals surface area contributed by atoms with Crippen molar-refractivity contribution in [1.29, 1.82) is 0 Å². The van der Waals surface area contributed by atoms with Crippen molar-refractivity contribution in [3.63, 3.8) is 0 Å². The normalized spacial score (nSPS) is 19.3. The molecule has 0 radical (unpaired) electrons. The van der Waals surface area contributed by atoms with E-state index in [2.05, 4.69) is 9.97 Å². The molecule has 1 fully saturated rings. The largest absolute Gasteiger partial charge is 0.274 e.